The average Bonchev–Trinajstić information content (AvgIpc) is 2.17. The van der Waals surface area contributed by atoms with Gasteiger partial charge < -0.3 is 5.11 Å². The molecule has 0 heterocycles. The van der Waals surface area contributed by atoms with Crippen LogP contribution in [0.25, 0.3) is 0 Å². The van der Waals surface area contributed by atoms with Gasteiger partial charge in [0.05, 0.1) is 0 Å². The number of carboxylic acid groups (broad SMARTS) is 1. The van der Waals surface area contributed by atoms with Crippen molar-refractivity contribution in [2.45, 2.75) is 39.5 Å². The molecule has 2 heteroatoms. The largest absolute Gasteiger partial charge is 0.478 e. The maximum absolute atomic E-state index is 10.3. The van der Waals surface area contributed by atoms with Crippen molar-refractivity contribution >= 4 is 5.97 Å². The quantitative estimate of drug-likeness (QED) is 0.722. The van der Waals surface area contributed by atoms with Crippen LogP contribution in [0.2, 0.25) is 0 Å². The number of aliphatic carboxylic acids is 1. The van der Waals surface area contributed by atoms with E-state index >= 15 is 0 Å². The maximum Gasteiger partial charge on any atom is 0.328 e. The molecule has 1 aliphatic rings. The normalized spacial score (nSPS) is 25.3. The van der Waals surface area contributed by atoms with Crippen LogP contribution in [-0.2, 0) is 4.79 Å². The number of allylic oxidation sites excluding steroid dienone is 3. The lowest BCUT2D eigenvalue weighted by atomic mass is 9.77. The Kier molecular flexibility index (Phi) is 4.60. The zero-order valence-electron chi connectivity index (χ0n) is 9.57. The van der Waals surface area contributed by atoms with Crippen molar-refractivity contribution in [1.82, 2.24) is 0 Å². The lowest BCUT2D eigenvalue weighted by molar-refractivity contribution is -0.131. The van der Waals surface area contributed by atoms with Crippen molar-refractivity contribution in [1.29, 1.82) is 0 Å². The predicted molar refractivity (Wildman–Crippen MR) is 61.7 cm³/mol. The molecule has 0 aliphatic heterocycles. The standard InChI is InChI=1S/C13H20O2/c1-10(2)12-8-4-3-6-11(12)7-5-9-13(14)15/h5,7,9-10,12H,3-4,6,8H2,1-2H3,(H,14,15)/b9-5+,11-7+. The van der Waals surface area contributed by atoms with E-state index in [4.69, 9.17) is 5.11 Å². The van der Waals surface area contributed by atoms with E-state index in [9.17, 15) is 4.79 Å². The molecule has 0 aromatic rings. The molecule has 1 unspecified atom stereocenters. The minimum absolute atomic E-state index is 0.650. The Bertz CT molecular complexity index is 274. The van der Waals surface area contributed by atoms with Gasteiger partial charge in [0.15, 0.2) is 0 Å². The van der Waals surface area contributed by atoms with E-state index in [2.05, 4.69) is 13.8 Å². The number of rotatable bonds is 3. The summed E-state index contributed by atoms with van der Waals surface area (Å²) in [5.41, 5.74) is 1.42. The molecule has 1 saturated carbocycles. The molecule has 1 aliphatic carbocycles. The highest BCUT2D eigenvalue weighted by Crippen LogP contribution is 2.34. The Morgan fingerprint density at radius 3 is 2.80 bits per heavy atom. The van der Waals surface area contributed by atoms with E-state index in [0.29, 0.717) is 11.8 Å². The van der Waals surface area contributed by atoms with Gasteiger partial charge in [-0.25, -0.2) is 4.79 Å². The predicted octanol–water partition coefficient (Wildman–Crippen LogP) is 3.40. The fourth-order valence-corrected chi connectivity index (χ4v) is 2.29. The first kappa shape index (κ1) is 12.0. The van der Waals surface area contributed by atoms with Crippen molar-refractivity contribution < 1.29 is 9.90 Å². The first-order valence-corrected chi connectivity index (χ1v) is 5.71. The van der Waals surface area contributed by atoms with Gasteiger partial charge in [-0.2, -0.15) is 0 Å². The molecule has 0 amide bonds. The number of carbonyl (C=O) groups is 1. The summed E-state index contributed by atoms with van der Waals surface area (Å²) in [6.07, 6.45) is 9.81. The molecule has 0 spiro atoms. The van der Waals surface area contributed by atoms with Crippen molar-refractivity contribution in [3.05, 3.63) is 23.8 Å². The van der Waals surface area contributed by atoms with Gasteiger partial charge in [0.25, 0.3) is 0 Å². The molecular formula is C13H20O2. The number of carboxylic acids is 1. The third-order valence-electron chi connectivity index (χ3n) is 3.06. The molecule has 0 aromatic carbocycles. The van der Waals surface area contributed by atoms with E-state index in [1.807, 2.05) is 6.08 Å². The lowest BCUT2D eigenvalue weighted by Crippen LogP contribution is -2.15. The molecule has 0 radical (unpaired) electrons. The molecule has 0 bridgehead atoms. The molecule has 84 valence electrons. The van der Waals surface area contributed by atoms with Gasteiger partial charge in [0.1, 0.15) is 0 Å². The molecule has 1 atom stereocenters. The SMILES string of the molecule is CC(C)C1CCCC/C1=C\C=C\C(=O)O. The monoisotopic (exact) mass is 208 g/mol. The minimum Gasteiger partial charge on any atom is -0.478 e. The van der Waals surface area contributed by atoms with Crippen LogP contribution in [0.5, 0.6) is 0 Å². The van der Waals surface area contributed by atoms with Gasteiger partial charge in [0.2, 0.25) is 0 Å². The average molecular weight is 208 g/mol. The van der Waals surface area contributed by atoms with E-state index in [1.165, 1.54) is 30.9 Å². The van der Waals surface area contributed by atoms with Crippen LogP contribution in [0.3, 0.4) is 0 Å². The minimum atomic E-state index is -0.872. The van der Waals surface area contributed by atoms with E-state index < -0.39 is 5.97 Å². The summed E-state index contributed by atoms with van der Waals surface area (Å²) in [7, 11) is 0. The third-order valence-corrected chi connectivity index (χ3v) is 3.06. The van der Waals surface area contributed by atoms with Crippen molar-refractivity contribution in [3.8, 4) is 0 Å². The van der Waals surface area contributed by atoms with Crippen LogP contribution in [0, 0.1) is 11.8 Å². The van der Waals surface area contributed by atoms with Gasteiger partial charge in [0, 0.05) is 6.08 Å². The fourth-order valence-electron chi connectivity index (χ4n) is 2.29. The molecule has 2 nitrogen and oxygen atoms in total. The lowest BCUT2D eigenvalue weighted by Gasteiger charge is -2.28. The first-order valence-electron chi connectivity index (χ1n) is 5.71. The van der Waals surface area contributed by atoms with Crippen molar-refractivity contribution in [3.63, 3.8) is 0 Å². The second-order valence-electron chi connectivity index (χ2n) is 4.54. The summed E-state index contributed by atoms with van der Waals surface area (Å²) in [4.78, 5) is 10.3. The molecule has 1 N–H and O–H groups in total. The Morgan fingerprint density at radius 1 is 1.47 bits per heavy atom. The Hall–Kier alpha value is -1.05. The summed E-state index contributed by atoms with van der Waals surface area (Å²) in [6.45, 7) is 4.48. The highest BCUT2D eigenvalue weighted by molar-refractivity contribution is 5.80. The van der Waals surface area contributed by atoms with Crippen LogP contribution in [0.1, 0.15) is 39.5 Å². The third kappa shape index (κ3) is 3.90. The van der Waals surface area contributed by atoms with Gasteiger partial charge in [-0.05, 0) is 31.1 Å². The van der Waals surface area contributed by atoms with Crippen LogP contribution in [-0.4, -0.2) is 11.1 Å². The summed E-state index contributed by atoms with van der Waals surface area (Å²) < 4.78 is 0. The topological polar surface area (TPSA) is 37.3 Å². The van der Waals surface area contributed by atoms with Crippen LogP contribution < -0.4 is 0 Å². The number of hydrogen-bond donors (Lipinski definition) is 1. The summed E-state index contributed by atoms with van der Waals surface area (Å²) in [5, 5.41) is 8.50. The highest BCUT2D eigenvalue weighted by Gasteiger charge is 2.20. The van der Waals surface area contributed by atoms with E-state index in [0.717, 1.165) is 6.42 Å². The van der Waals surface area contributed by atoms with Crippen molar-refractivity contribution in [2.75, 3.05) is 0 Å². The Morgan fingerprint density at radius 2 is 2.20 bits per heavy atom. The molecule has 1 rings (SSSR count). The Balaban J connectivity index is 2.67. The molecular weight excluding hydrogens is 188 g/mol. The van der Waals surface area contributed by atoms with Gasteiger partial charge >= 0.3 is 5.97 Å². The summed E-state index contributed by atoms with van der Waals surface area (Å²) in [6, 6.07) is 0. The van der Waals surface area contributed by atoms with E-state index in [1.54, 1.807) is 6.08 Å². The molecule has 1 fully saturated rings. The van der Waals surface area contributed by atoms with Crippen LogP contribution >= 0.6 is 0 Å². The van der Waals surface area contributed by atoms with Gasteiger partial charge in [-0.15, -0.1) is 0 Å². The van der Waals surface area contributed by atoms with Crippen molar-refractivity contribution in [2.24, 2.45) is 11.8 Å². The smallest absolute Gasteiger partial charge is 0.328 e. The van der Waals surface area contributed by atoms with Gasteiger partial charge in [-0.3, -0.25) is 0 Å². The summed E-state index contributed by atoms with van der Waals surface area (Å²) in [5.74, 6) is 0.440. The number of hydrogen-bond acceptors (Lipinski definition) is 1. The van der Waals surface area contributed by atoms with Crippen LogP contribution in [0.4, 0.5) is 0 Å². The van der Waals surface area contributed by atoms with Gasteiger partial charge in [-0.1, -0.05) is 38.0 Å². The van der Waals surface area contributed by atoms with E-state index in [-0.39, 0.29) is 0 Å². The summed E-state index contributed by atoms with van der Waals surface area (Å²) >= 11 is 0. The molecule has 15 heavy (non-hydrogen) atoms. The fraction of sp³-hybridized carbons (Fsp3) is 0.615. The Labute approximate surface area is 91.7 Å². The zero-order chi connectivity index (χ0) is 11.3. The highest BCUT2D eigenvalue weighted by atomic mass is 16.4. The second kappa shape index (κ2) is 5.74. The zero-order valence-corrected chi connectivity index (χ0v) is 9.57. The molecule has 0 aromatic heterocycles. The molecule has 0 saturated heterocycles. The first-order chi connectivity index (χ1) is 7.11. The second-order valence-corrected chi connectivity index (χ2v) is 4.54. The maximum atomic E-state index is 10.3. The van der Waals surface area contributed by atoms with Crippen LogP contribution in [0.15, 0.2) is 23.8 Å².